The van der Waals surface area contributed by atoms with Gasteiger partial charge in [-0.15, -0.1) is 11.3 Å². The number of nitrogens with one attached hydrogen (secondary N) is 1. The van der Waals surface area contributed by atoms with Gasteiger partial charge in [0.1, 0.15) is 48.0 Å². The molecule has 3 aliphatic heterocycles. The molecule has 13 atom stereocenters. The molecule has 2 aromatic rings. The summed E-state index contributed by atoms with van der Waals surface area (Å²) in [6.45, 7) is 11.8. The van der Waals surface area contributed by atoms with Crippen LogP contribution in [0.4, 0.5) is 14.0 Å². The Kier molecular flexibility index (Phi) is 14.9. The van der Waals surface area contributed by atoms with Crippen molar-refractivity contribution < 1.29 is 61.9 Å². The molecule has 18 heteroatoms. The number of rotatable bonds is 9. The Hall–Kier alpha value is -4.36. The topological polar surface area (TPSA) is 202 Å². The second kappa shape index (κ2) is 19.1. The lowest BCUT2D eigenvalue weighted by Crippen LogP contribution is -2.60. The van der Waals surface area contributed by atoms with Crippen LogP contribution in [0.15, 0.2) is 36.4 Å². The highest BCUT2D eigenvalue weighted by Gasteiger charge is 2.57. The summed E-state index contributed by atoms with van der Waals surface area (Å²) in [7, 11) is 3.58. The van der Waals surface area contributed by atoms with Crippen LogP contribution >= 0.6 is 11.3 Å². The van der Waals surface area contributed by atoms with E-state index in [1.54, 1.807) is 79.3 Å². The van der Waals surface area contributed by atoms with Gasteiger partial charge >= 0.3 is 18.2 Å². The van der Waals surface area contributed by atoms with Crippen LogP contribution in [0.1, 0.15) is 79.5 Å². The molecule has 0 spiro atoms. The zero-order chi connectivity index (χ0) is 44.3. The standard InChI is InChI=1S/C42H57FN4O12S/c1-11-30-42(8)34(46-39(52)58-42)23(4)31(48)21(2)19-41(7,59-40(53)54-20-26(43)18-27-13-14-29(60-27)36-44-15-12-16-45-36)35(24(5)32(49)25(6)37(51)56-30)57-38-33(50)28(47(9)10)17-22(3)55-38/h12-16,18,21-25,28,30,33-35,38,50H,11,17,19-20H2,1-10H3,(H,46,52)/t21-,22-,23+,24+,25-,28+,30-,33-,34-,35-,38+,41-,42-/m1/s1. The number of aromatic nitrogens is 2. The third-order valence-corrected chi connectivity index (χ3v) is 12.8. The van der Waals surface area contributed by atoms with Crippen molar-refractivity contribution in [2.24, 2.45) is 23.7 Å². The Morgan fingerprint density at radius 3 is 2.40 bits per heavy atom. The van der Waals surface area contributed by atoms with Crippen molar-refractivity contribution in [2.45, 2.75) is 129 Å². The fraction of sp³-hybridized carbons (Fsp3) is 0.643. The minimum absolute atomic E-state index is 0.190. The molecule has 0 radical (unpaired) electrons. The van der Waals surface area contributed by atoms with E-state index in [-0.39, 0.29) is 18.6 Å². The number of ether oxygens (including phenoxy) is 6. The monoisotopic (exact) mass is 860 g/mol. The third kappa shape index (κ3) is 10.2. The van der Waals surface area contributed by atoms with E-state index in [9.17, 15) is 29.1 Å². The summed E-state index contributed by atoms with van der Waals surface area (Å²) in [5.74, 6) is -6.87. The van der Waals surface area contributed by atoms with Gasteiger partial charge in [-0.1, -0.05) is 27.7 Å². The van der Waals surface area contributed by atoms with Gasteiger partial charge in [0.25, 0.3) is 0 Å². The van der Waals surface area contributed by atoms with Gasteiger partial charge < -0.3 is 43.7 Å². The molecular weight excluding hydrogens is 804 g/mol. The molecular formula is C42H57FN4O12S. The van der Waals surface area contributed by atoms with Crippen LogP contribution in [-0.4, -0.2) is 124 Å². The Labute approximate surface area is 353 Å². The van der Waals surface area contributed by atoms with Gasteiger partial charge in [0.2, 0.25) is 0 Å². The van der Waals surface area contributed by atoms with Crippen LogP contribution in [0.25, 0.3) is 16.8 Å². The largest absolute Gasteiger partial charge is 0.509 e. The quantitative estimate of drug-likeness (QED) is 0.181. The van der Waals surface area contributed by atoms with Crippen LogP contribution in [-0.2, 0) is 42.8 Å². The van der Waals surface area contributed by atoms with Crippen molar-refractivity contribution in [3.8, 4) is 10.7 Å². The number of hydrogen-bond acceptors (Lipinski definition) is 16. The average Bonchev–Trinajstić information content (AvgIpc) is 3.80. The normalized spacial score (nSPS) is 35.8. The predicted molar refractivity (Wildman–Crippen MR) is 216 cm³/mol. The maximum atomic E-state index is 15.3. The first-order chi connectivity index (χ1) is 28.2. The Morgan fingerprint density at radius 1 is 1.07 bits per heavy atom. The number of likely N-dealkylation sites (N-methyl/N-ethyl adjacent to an activating group) is 1. The number of alkyl carbamates (subject to hydrolysis) is 1. The molecule has 2 aromatic heterocycles. The van der Waals surface area contributed by atoms with Crippen LogP contribution in [0.5, 0.6) is 0 Å². The maximum absolute atomic E-state index is 15.3. The zero-order valence-corrected chi connectivity index (χ0v) is 36.5. The summed E-state index contributed by atoms with van der Waals surface area (Å²) >= 11 is 1.22. The highest BCUT2D eigenvalue weighted by Crippen LogP contribution is 2.41. The van der Waals surface area contributed by atoms with Gasteiger partial charge in [0.15, 0.2) is 23.5 Å². The summed E-state index contributed by atoms with van der Waals surface area (Å²) in [5, 5.41) is 14.2. The SMILES string of the molecule is CC[C@H]1OC(=O)[C@H](C)C(=O)[C@H](C)[C@@H](O[C@@H]2O[C@H](C)C[C@H](N(C)C)[C@H]2O)[C@](C)(OC(=O)OCC(F)=Cc2ccc(-c3ncccn3)s2)C[C@@H](C)C(=O)[C@H](C)[C@H]2NC(=O)O[C@@]21C. The van der Waals surface area contributed by atoms with Crippen LogP contribution in [0.2, 0.25) is 0 Å². The number of aliphatic hydroxyl groups is 1. The molecule has 16 nitrogen and oxygen atoms in total. The first-order valence-corrected chi connectivity index (χ1v) is 21.0. The third-order valence-electron chi connectivity index (χ3n) is 11.8. The minimum Gasteiger partial charge on any atom is -0.458 e. The molecule has 0 saturated carbocycles. The van der Waals surface area contributed by atoms with E-state index < -0.39 is 114 Å². The lowest BCUT2D eigenvalue weighted by Gasteiger charge is -2.46. The lowest BCUT2D eigenvalue weighted by atomic mass is 9.73. The predicted octanol–water partition coefficient (Wildman–Crippen LogP) is 5.51. The molecule has 60 heavy (non-hydrogen) atoms. The molecule has 0 aliphatic carbocycles. The summed E-state index contributed by atoms with van der Waals surface area (Å²) in [4.78, 5) is 80.4. The number of hydrogen-bond donors (Lipinski definition) is 2. The molecule has 5 rings (SSSR count). The highest BCUT2D eigenvalue weighted by atomic mass is 32.1. The van der Waals surface area contributed by atoms with Crippen molar-refractivity contribution in [1.82, 2.24) is 20.2 Å². The maximum Gasteiger partial charge on any atom is 0.509 e. The number of Topliss-reactive ketones (excluding diaryl/α,β-unsaturated/α-hetero) is 2. The number of ketones is 2. The van der Waals surface area contributed by atoms with Crippen LogP contribution in [0.3, 0.4) is 0 Å². The van der Waals surface area contributed by atoms with E-state index >= 15 is 4.39 Å². The number of cyclic esters (lactones) is 1. The Morgan fingerprint density at radius 2 is 1.75 bits per heavy atom. The van der Waals surface area contributed by atoms with Crippen molar-refractivity contribution >= 4 is 47.2 Å². The average molecular weight is 861 g/mol. The van der Waals surface area contributed by atoms with Gasteiger partial charge in [-0.25, -0.2) is 23.9 Å². The van der Waals surface area contributed by atoms with E-state index in [0.29, 0.717) is 22.0 Å². The first-order valence-electron chi connectivity index (χ1n) is 20.2. The number of fused-ring (bicyclic) bond motifs is 1. The Bertz CT molecular complexity index is 1910. The summed E-state index contributed by atoms with van der Waals surface area (Å²) < 4.78 is 50.8. The van der Waals surface area contributed by atoms with E-state index in [1.165, 1.54) is 38.2 Å². The fourth-order valence-electron chi connectivity index (χ4n) is 8.61. The van der Waals surface area contributed by atoms with Gasteiger partial charge in [-0.3, -0.25) is 14.4 Å². The van der Waals surface area contributed by atoms with Crippen molar-refractivity contribution in [1.29, 1.82) is 0 Å². The number of carbonyl (C=O) groups is 5. The summed E-state index contributed by atoms with van der Waals surface area (Å²) in [5.41, 5.74) is -3.43. The molecule has 0 unspecified atom stereocenters. The van der Waals surface area contributed by atoms with E-state index in [2.05, 4.69) is 15.3 Å². The van der Waals surface area contributed by atoms with Gasteiger partial charge in [0.05, 0.1) is 17.0 Å². The van der Waals surface area contributed by atoms with Gasteiger partial charge in [-0.05, 0) is 85.3 Å². The number of halogens is 1. The number of carbonyl (C=O) groups excluding carboxylic acids is 5. The molecule has 3 fully saturated rings. The van der Waals surface area contributed by atoms with Crippen LogP contribution in [0, 0.1) is 23.7 Å². The fourth-order valence-corrected chi connectivity index (χ4v) is 9.52. The lowest BCUT2D eigenvalue weighted by molar-refractivity contribution is -0.293. The molecule has 0 aromatic carbocycles. The minimum atomic E-state index is -1.94. The summed E-state index contributed by atoms with van der Waals surface area (Å²) in [6, 6.07) is 3.68. The summed E-state index contributed by atoms with van der Waals surface area (Å²) in [6.07, 6.45) is -2.97. The second-order valence-electron chi connectivity index (χ2n) is 16.7. The van der Waals surface area contributed by atoms with Gasteiger partial charge in [0, 0.05) is 41.1 Å². The van der Waals surface area contributed by atoms with Crippen molar-refractivity contribution in [2.75, 3.05) is 20.7 Å². The highest BCUT2D eigenvalue weighted by molar-refractivity contribution is 7.16. The smallest absolute Gasteiger partial charge is 0.458 e. The zero-order valence-electron chi connectivity index (χ0n) is 35.7. The number of nitrogens with zero attached hydrogens (tertiary/aromatic N) is 3. The van der Waals surface area contributed by atoms with Crippen molar-refractivity contribution in [3.63, 3.8) is 0 Å². The number of aliphatic hydroxyl groups excluding tert-OH is 1. The number of esters is 1. The van der Waals surface area contributed by atoms with Gasteiger partial charge in [-0.2, -0.15) is 0 Å². The molecule has 0 bridgehead atoms. The van der Waals surface area contributed by atoms with E-state index in [1.807, 2.05) is 4.90 Å². The first kappa shape index (κ1) is 46.7. The Balaban J connectivity index is 1.51. The van der Waals surface area contributed by atoms with Crippen molar-refractivity contribution in [3.05, 3.63) is 41.3 Å². The van der Waals surface area contributed by atoms with E-state index in [0.717, 1.165) is 0 Å². The van der Waals surface area contributed by atoms with Crippen LogP contribution < -0.4 is 5.32 Å². The molecule has 3 aliphatic rings. The molecule has 330 valence electrons. The molecule has 3 saturated heterocycles. The second-order valence-corrected chi connectivity index (χ2v) is 17.8. The number of thiophene rings is 1. The van der Waals surface area contributed by atoms with E-state index in [4.69, 9.17) is 28.4 Å². The molecule has 5 heterocycles. The number of amides is 1. The molecule has 2 N–H and O–H groups in total. The molecule has 1 amide bonds.